The van der Waals surface area contributed by atoms with Gasteiger partial charge in [0.25, 0.3) is 0 Å². The molecule has 0 bridgehead atoms. The monoisotopic (exact) mass is 209 g/mol. The van der Waals surface area contributed by atoms with E-state index >= 15 is 0 Å². The van der Waals surface area contributed by atoms with Crippen LogP contribution >= 0.6 is 0 Å². The van der Waals surface area contributed by atoms with Crippen molar-refractivity contribution < 1.29 is 19.4 Å². The first kappa shape index (κ1) is 9.79. The molecule has 0 radical (unpaired) electrons. The lowest BCUT2D eigenvalue weighted by Crippen LogP contribution is -2.38. The predicted octanol–water partition coefficient (Wildman–Crippen LogP) is 0.745. The number of benzene rings is 1. The minimum absolute atomic E-state index is 0.0173. The number of hydrogen-bond acceptors (Lipinski definition) is 4. The molecule has 0 spiro atoms. The zero-order chi connectivity index (χ0) is 10.8. The van der Waals surface area contributed by atoms with Crippen LogP contribution in [0, 0.1) is 0 Å². The number of carbonyl (C=O) groups is 1. The zero-order valence-electron chi connectivity index (χ0n) is 7.97. The van der Waals surface area contributed by atoms with Crippen molar-refractivity contribution >= 4 is 11.7 Å². The topological polar surface area (TPSA) is 81.8 Å². The molecule has 1 aliphatic rings. The minimum Gasteiger partial charge on any atom is -0.483 e. The van der Waals surface area contributed by atoms with Gasteiger partial charge in [-0.15, -0.1) is 0 Å². The number of anilines is 1. The van der Waals surface area contributed by atoms with Gasteiger partial charge in [0.1, 0.15) is 11.9 Å². The van der Waals surface area contributed by atoms with Gasteiger partial charge in [-0.05, 0) is 18.2 Å². The molecule has 0 aliphatic carbocycles. The Morgan fingerprint density at radius 2 is 2.27 bits per heavy atom. The lowest BCUT2D eigenvalue weighted by Gasteiger charge is -2.27. The Kier molecular flexibility index (Phi) is 2.47. The van der Waals surface area contributed by atoms with Crippen LogP contribution in [0.3, 0.4) is 0 Å². The van der Waals surface area contributed by atoms with E-state index in [0.717, 1.165) is 0 Å². The maximum absolute atomic E-state index is 10.7. The van der Waals surface area contributed by atoms with E-state index < -0.39 is 5.97 Å². The van der Waals surface area contributed by atoms with Gasteiger partial charge in [-0.3, -0.25) is 0 Å². The molecule has 0 aromatic heterocycles. The number of carboxylic acid groups (broad SMARTS) is 1. The fraction of sp³-hybridized carbons (Fsp3) is 0.300. The smallest absolute Gasteiger partial charge is 0.335 e. The third-order valence-corrected chi connectivity index (χ3v) is 2.16. The Hall–Kier alpha value is -1.75. The van der Waals surface area contributed by atoms with Gasteiger partial charge in [0, 0.05) is 0 Å². The summed E-state index contributed by atoms with van der Waals surface area (Å²) in [5.74, 6) is -0.590. The Morgan fingerprint density at radius 1 is 1.53 bits per heavy atom. The summed E-state index contributed by atoms with van der Waals surface area (Å²) in [5, 5.41) is 8.78. The van der Waals surface area contributed by atoms with Crippen LogP contribution in [0.5, 0.6) is 5.75 Å². The molecule has 80 valence electrons. The van der Waals surface area contributed by atoms with Crippen LogP contribution in [0.2, 0.25) is 0 Å². The van der Waals surface area contributed by atoms with Crippen molar-refractivity contribution in [1.82, 2.24) is 0 Å². The highest BCUT2D eigenvalue weighted by Crippen LogP contribution is 2.25. The molecule has 0 amide bonds. The van der Waals surface area contributed by atoms with Gasteiger partial charge in [-0.2, -0.15) is 0 Å². The van der Waals surface area contributed by atoms with Gasteiger partial charge in [-0.25, -0.2) is 4.79 Å². The first-order chi connectivity index (χ1) is 7.16. The fourth-order valence-electron chi connectivity index (χ4n) is 1.23. The summed E-state index contributed by atoms with van der Waals surface area (Å²) in [5.41, 5.74) is 6.26. The van der Waals surface area contributed by atoms with Gasteiger partial charge < -0.3 is 20.3 Å². The van der Waals surface area contributed by atoms with Crippen LogP contribution < -0.4 is 10.5 Å². The van der Waals surface area contributed by atoms with E-state index in [1.54, 1.807) is 0 Å². The second-order valence-corrected chi connectivity index (χ2v) is 3.34. The number of carboxylic acids is 1. The number of aromatic carboxylic acids is 1. The molecule has 0 saturated carbocycles. The lowest BCUT2D eigenvalue weighted by molar-refractivity contribution is -0.0794. The van der Waals surface area contributed by atoms with Crippen LogP contribution in [0.25, 0.3) is 0 Å². The van der Waals surface area contributed by atoms with Crippen molar-refractivity contribution in [1.29, 1.82) is 0 Å². The standard InChI is InChI=1S/C10H11NO4/c11-8-2-1-6(10(12)13)3-9(8)15-7-4-14-5-7/h1-3,7H,4-5,11H2,(H,12,13). The van der Waals surface area contributed by atoms with Crippen molar-refractivity contribution in [2.45, 2.75) is 6.10 Å². The number of nitrogen functional groups attached to an aromatic ring is 1. The summed E-state index contributed by atoms with van der Waals surface area (Å²) >= 11 is 0. The molecule has 1 aromatic rings. The molecule has 5 nitrogen and oxygen atoms in total. The second kappa shape index (κ2) is 3.78. The first-order valence-corrected chi connectivity index (χ1v) is 4.54. The van der Waals surface area contributed by atoms with Gasteiger partial charge in [0.15, 0.2) is 0 Å². The van der Waals surface area contributed by atoms with Crippen LogP contribution in [0.4, 0.5) is 5.69 Å². The Labute approximate surface area is 86.4 Å². The van der Waals surface area contributed by atoms with E-state index in [2.05, 4.69) is 0 Å². The third kappa shape index (κ3) is 2.02. The molecule has 1 aliphatic heterocycles. The normalized spacial score (nSPS) is 15.7. The SMILES string of the molecule is Nc1ccc(C(=O)O)cc1OC1COC1. The maximum Gasteiger partial charge on any atom is 0.335 e. The van der Waals surface area contributed by atoms with Gasteiger partial charge in [-0.1, -0.05) is 0 Å². The Morgan fingerprint density at radius 3 is 2.80 bits per heavy atom. The quantitative estimate of drug-likeness (QED) is 0.717. The van der Waals surface area contributed by atoms with E-state index in [9.17, 15) is 4.79 Å². The van der Waals surface area contributed by atoms with E-state index in [-0.39, 0.29) is 11.7 Å². The largest absolute Gasteiger partial charge is 0.483 e. The highest BCUT2D eigenvalue weighted by molar-refractivity contribution is 5.89. The molecule has 5 heteroatoms. The van der Waals surface area contributed by atoms with Gasteiger partial charge in [0.05, 0.1) is 24.5 Å². The van der Waals surface area contributed by atoms with Gasteiger partial charge in [0.2, 0.25) is 0 Å². The number of nitrogens with two attached hydrogens (primary N) is 1. The zero-order valence-corrected chi connectivity index (χ0v) is 7.97. The summed E-state index contributed by atoms with van der Waals surface area (Å²) in [4.78, 5) is 10.7. The van der Waals surface area contributed by atoms with Crippen LogP contribution in [-0.2, 0) is 4.74 Å². The second-order valence-electron chi connectivity index (χ2n) is 3.34. The van der Waals surface area contributed by atoms with E-state index in [4.69, 9.17) is 20.3 Å². The highest BCUT2D eigenvalue weighted by atomic mass is 16.6. The third-order valence-electron chi connectivity index (χ3n) is 2.16. The molecular weight excluding hydrogens is 198 g/mol. The molecule has 1 aromatic carbocycles. The molecule has 1 saturated heterocycles. The fourth-order valence-corrected chi connectivity index (χ4v) is 1.23. The van der Waals surface area contributed by atoms with Crippen LogP contribution in [0.1, 0.15) is 10.4 Å². The summed E-state index contributed by atoms with van der Waals surface area (Å²) in [6.45, 7) is 1.05. The summed E-state index contributed by atoms with van der Waals surface area (Å²) in [7, 11) is 0. The van der Waals surface area contributed by atoms with Crippen LogP contribution in [-0.4, -0.2) is 30.4 Å². The van der Waals surface area contributed by atoms with E-state index in [1.165, 1.54) is 18.2 Å². The number of hydrogen-bond donors (Lipinski definition) is 2. The van der Waals surface area contributed by atoms with Crippen molar-refractivity contribution in [2.24, 2.45) is 0 Å². The van der Waals surface area contributed by atoms with Crippen molar-refractivity contribution in [2.75, 3.05) is 18.9 Å². The molecule has 2 rings (SSSR count). The lowest BCUT2D eigenvalue weighted by atomic mass is 10.2. The highest BCUT2D eigenvalue weighted by Gasteiger charge is 2.21. The first-order valence-electron chi connectivity index (χ1n) is 4.54. The molecule has 0 atom stereocenters. The Balaban J connectivity index is 2.19. The molecule has 3 N–H and O–H groups in total. The summed E-state index contributed by atoms with van der Waals surface area (Å²) < 4.78 is 10.4. The summed E-state index contributed by atoms with van der Waals surface area (Å²) in [6.07, 6.45) is -0.0173. The average Bonchev–Trinajstić information content (AvgIpc) is 2.13. The minimum atomic E-state index is -0.996. The van der Waals surface area contributed by atoms with E-state index in [0.29, 0.717) is 24.7 Å². The maximum atomic E-state index is 10.7. The molecule has 0 unspecified atom stereocenters. The molecular formula is C10H11NO4. The van der Waals surface area contributed by atoms with Crippen LogP contribution in [0.15, 0.2) is 18.2 Å². The van der Waals surface area contributed by atoms with Crippen molar-refractivity contribution in [3.05, 3.63) is 23.8 Å². The molecule has 15 heavy (non-hydrogen) atoms. The number of rotatable bonds is 3. The molecule has 1 heterocycles. The predicted molar refractivity (Wildman–Crippen MR) is 53.0 cm³/mol. The van der Waals surface area contributed by atoms with Crippen molar-refractivity contribution in [3.63, 3.8) is 0 Å². The summed E-state index contributed by atoms with van der Waals surface area (Å²) in [6, 6.07) is 4.40. The van der Waals surface area contributed by atoms with Gasteiger partial charge >= 0.3 is 5.97 Å². The van der Waals surface area contributed by atoms with Crippen molar-refractivity contribution in [3.8, 4) is 5.75 Å². The molecule has 1 fully saturated rings. The Bertz CT molecular complexity index is 387. The number of ether oxygens (including phenoxy) is 2. The van der Waals surface area contributed by atoms with E-state index in [1.807, 2.05) is 0 Å². The average molecular weight is 209 g/mol.